The van der Waals surface area contributed by atoms with Crippen LogP contribution in [0, 0.1) is 0 Å². The molecule has 17 heavy (non-hydrogen) atoms. The van der Waals surface area contributed by atoms with Crippen LogP contribution >= 0.6 is 0 Å². The van der Waals surface area contributed by atoms with E-state index in [0.717, 1.165) is 30.6 Å². The monoisotopic (exact) mass is 239 g/mol. The number of hydrogen-bond acceptors (Lipinski definition) is 5. The largest absolute Gasteiger partial charge is 0.377 e. The second-order valence-electron chi connectivity index (χ2n) is 4.68. The lowest BCUT2D eigenvalue weighted by atomic mass is 10.3. The van der Waals surface area contributed by atoms with E-state index in [4.69, 9.17) is 9.26 Å². The van der Waals surface area contributed by atoms with Crippen LogP contribution in [0.2, 0.25) is 0 Å². The Balaban J connectivity index is 1.64. The van der Waals surface area contributed by atoms with Crippen molar-refractivity contribution in [3.63, 3.8) is 0 Å². The van der Waals surface area contributed by atoms with Gasteiger partial charge in [0.1, 0.15) is 6.61 Å². The molecule has 96 valence electrons. The van der Waals surface area contributed by atoms with Crippen LogP contribution in [0.3, 0.4) is 0 Å². The topological polar surface area (TPSA) is 59.3 Å². The van der Waals surface area contributed by atoms with Crippen LogP contribution in [-0.2, 0) is 17.9 Å². The summed E-state index contributed by atoms with van der Waals surface area (Å²) in [5.41, 5.74) is 0.926. The molecule has 2 N–H and O–H groups in total. The smallest absolute Gasteiger partial charge is 0.162 e. The maximum atomic E-state index is 5.11. The molecule has 1 aliphatic carbocycles. The zero-order valence-corrected chi connectivity index (χ0v) is 10.5. The lowest BCUT2D eigenvalue weighted by Gasteiger charge is -2.13. The van der Waals surface area contributed by atoms with Gasteiger partial charge in [0.15, 0.2) is 5.76 Å². The molecule has 0 aromatic carbocycles. The van der Waals surface area contributed by atoms with Crippen molar-refractivity contribution in [3.05, 3.63) is 17.5 Å². The van der Waals surface area contributed by atoms with Crippen LogP contribution in [0.25, 0.3) is 0 Å². The van der Waals surface area contributed by atoms with Crippen molar-refractivity contribution in [2.75, 3.05) is 13.7 Å². The predicted molar refractivity (Wildman–Crippen MR) is 64.5 cm³/mol. The maximum Gasteiger partial charge on any atom is 0.162 e. The number of nitrogens with one attached hydrogen (secondary N) is 2. The fraction of sp³-hybridized carbons (Fsp3) is 0.750. The molecule has 1 unspecified atom stereocenters. The highest BCUT2D eigenvalue weighted by molar-refractivity contribution is 5.04. The minimum atomic E-state index is 0.443. The molecule has 1 fully saturated rings. The molecule has 0 bridgehead atoms. The lowest BCUT2D eigenvalue weighted by molar-refractivity contribution is 0.155. The molecular weight excluding hydrogens is 218 g/mol. The van der Waals surface area contributed by atoms with E-state index in [-0.39, 0.29) is 0 Å². The summed E-state index contributed by atoms with van der Waals surface area (Å²) in [5, 5.41) is 10.9. The average Bonchev–Trinajstić information content (AvgIpc) is 3.05. The summed E-state index contributed by atoms with van der Waals surface area (Å²) in [6.07, 6.45) is 2.66. The van der Waals surface area contributed by atoms with Gasteiger partial charge in [-0.2, -0.15) is 0 Å². The molecule has 0 amide bonds. The van der Waals surface area contributed by atoms with Gasteiger partial charge in [-0.15, -0.1) is 0 Å². The first-order valence-electron chi connectivity index (χ1n) is 6.18. The van der Waals surface area contributed by atoms with E-state index in [0.29, 0.717) is 12.6 Å². The van der Waals surface area contributed by atoms with Gasteiger partial charge in [-0.05, 0) is 19.8 Å². The summed E-state index contributed by atoms with van der Waals surface area (Å²) >= 11 is 0. The molecule has 0 saturated heterocycles. The molecular formula is C12H21N3O2. The van der Waals surface area contributed by atoms with Crippen molar-refractivity contribution in [1.82, 2.24) is 15.8 Å². The van der Waals surface area contributed by atoms with Gasteiger partial charge in [0.05, 0.1) is 5.69 Å². The Hall–Kier alpha value is -0.910. The first kappa shape index (κ1) is 12.5. The SMILES string of the molecule is COCc1cc(CNC(C)CNC2CC2)no1. The molecule has 1 atom stereocenters. The van der Waals surface area contributed by atoms with Gasteiger partial charge >= 0.3 is 0 Å². The number of nitrogens with zero attached hydrogens (tertiary/aromatic N) is 1. The Morgan fingerprint density at radius 1 is 1.59 bits per heavy atom. The van der Waals surface area contributed by atoms with Gasteiger partial charge in [0.2, 0.25) is 0 Å². The highest BCUT2D eigenvalue weighted by Gasteiger charge is 2.20. The van der Waals surface area contributed by atoms with Gasteiger partial charge in [-0.1, -0.05) is 5.16 Å². The Bertz CT molecular complexity index is 336. The van der Waals surface area contributed by atoms with Gasteiger partial charge in [-0.25, -0.2) is 0 Å². The zero-order valence-electron chi connectivity index (χ0n) is 10.5. The van der Waals surface area contributed by atoms with E-state index in [1.165, 1.54) is 12.8 Å². The van der Waals surface area contributed by atoms with E-state index in [1.807, 2.05) is 6.07 Å². The Morgan fingerprint density at radius 2 is 2.41 bits per heavy atom. The average molecular weight is 239 g/mol. The van der Waals surface area contributed by atoms with Gasteiger partial charge in [-0.3, -0.25) is 0 Å². The van der Waals surface area contributed by atoms with E-state index in [1.54, 1.807) is 7.11 Å². The van der Waals surface area contributed by atoms with Gasteiger partial charge < -0.3 is 19.9 Å². The molecule has 0 spiro atoms. The number of rotatable bonds is 8. The molecule has 2 rings (SSSR count). The quantitative estimate of drug-likeness (QED) is 0.710. The summed E-state index contributed by atoms with van der Waals surface area (Å²) in [7, 11) is 1.64. The molecule has 1 aromatic rings. The summed E-state index contributed by atoms with van der Waals surface area (Å²) < 4.78 is 10.1. The third kappa shape index (κ3) is 4.46. The minimum absolute atomic E-state index is 0.443. The molecule has 1 saturated carbocycles. The van der Waals surface area contributed by atoms with Crippen molar-refractivity contribution in [2.45, 2.75) is 45.0 Å². The predicted octanol–water partition coefficient (Wildman–Crippen LogP) is 1.05. The van der Waals surface area contributed by atoms with Crippen molar-refractivity contribution >= 4 is 0 Å². The van der Waals surface area contributed by atoms with Crippen LogP contribution < -0.4 is 10.6 Å². The molecule has 5 heteroatoms. The van der Waals surface area contributed by atoms with Crippen LogP contribution in [0.15, 0.2) is 10.6 Å². The Labute approximate surface area is 102 Å². The summed E-state index contributed by atoms with van der Waals surface area (Å²) in [6.45, 7) is 4.39. The summed E-state index contributed by atoms with van der Waals surface area (Å²) in [4.78, 5) is 0. The molecule has 0 radical (unpaired) electrons. The summed E-state index contributed by atoms with van der Waals surface area (Å²) in [5.74, 6) is 0.771. The molecule has 0 aliphatic heterocycles. The van der Waals surface area contributed by atoms with Crippen molar-refractivity contribution in [1.29, 1.82) is 0 Å². The standard InChI is InChI=1S/C12H21N3O2/c1-9(6-14-10-3-4-10)13-7-11-5-12(8-16-2)17-15-11/h5,9-10,13-14H,3-4,6-8H2,1-2H3. The normalized spacial score (nSPS) is 17.3. The summed E-state index contributed by atoms with van der Waals surface area (Å²) in [6, 6.07) is 3.13. The van der Waals surface area contributed by atoms with E-state index in [2.05, 4.69) is 22.7 Å². The van der Waals surface area contributed by atoms with Crippen molar-refractivity contribution in [3.8, 4) is 0 Å². The van der Waals surface area contributed by atoms with Crippen LogP contribution in [0.4, 0.5) is 0 Å². The number of methoxy groups -OCH3 is 1. The fourth-order valence-electron chi connectivity index (χ4n) is 1.63. The second-order valence-corrected chi connectivity index (χ2v) is 4.68. The van der Waals surface area contributed by atoms with E-state index in [9.17, 15) is 0 Å². The van der Waals surface area contributed by atoms with Crippen LogP contribution in [0.5, 0.6) is 0 Å². The van der Waals surface area contributed by atoms with Crippen molar-refractivity contribution in [2.24, 2.45) is 0 Å². The van der Waals surface area contributed by atoms with Gasteiger partial charge in [0.25, 0.3) is 0 Å². The fourth-order valence-corrected chi connectivity index (χ4v) is 1.63. The molecule has 1 aromatic heterocycles. The van der Waals surface area contributed by atoms with E-state index >= 15 is 0 Å². The second kappa shape index (κ2) is 6.14. The lowest BCUT2D eigenvalue weighted by Crippen LogP contribution is -2.36. The third-order valence-electron chi connectivity index (χ3n) is 2.82. The third-order valence-corrected chi connectivity index (χ3v) is 2.82. The molecule has 5 nitrogen and oxygen atoms in total. The highest BCUT2D eigenvalue weighted by atomic mass is 16.5. The van der Waals surface area contributed by atoms with Crippen molar-refractivity contribution < 1.29 is 9.26 Å². The minimum Gasteiger partial charge on any atom is -0.377 e. The molecule has 1 heterocycles. The van der Waals surface area contributed by atoms with Gasteiger partial charge in [0, 0.05) is 38.3 Å². The first-order valence-corrected chi connectivity index (χ1v) is 6.18. The Morgan fingerprint density at radius 3 is 3.12 bits per heavy atom. The zero-order chi connectivity index (χ0) is 12.1. The number of aromatic nitrogens is 1. The van der Waals surface area contributed by atoms with Crippen LogP contribution in [0.1, 0.15) is 31.2 Å². The maximum absolute atomic E-state index is 5.11. The number of hydrogen-bond donors (Lipinski definition) is 2. The van der Waals surface area contributed by atoms with Crippen LogP contribution in [-0.4, -0.2) is 30.9 Å². The highest BCUT2D eigenvalue weighted by Crippen LogP contribution is 2.18. The van der Waals surface area contributed by atoms with E-state index < -0.39 is 0 Å². The number of ether oxygens (including phenoxy) is 1. The Kier molecular flexibility index (Phi) is 4.53. The first-order chi connectivity index (χ1) is 8.28. The molecule has 1 aliphatic rings.